The van der Waals surface area contributed by atoms with Gasteiger partial charge in [-0.3, -0.25) is 14.5 Å². The molecule has 1 aliphatic rings. The fraction of sp³-hybridized carbons (Fsp3) is 0.222. The van der Waals surface area contributed by atoms with Gasteiger partial charge in [-0.1, -0.05) is 11.6 Å². The summed E-state index contributed by atoms with van der Waals surface area (Å²) in [5, 5.41) is -0.777. The summed E-state index contributed by atoms with van der Waals surface area (Å²) in [5.74, 6) is 0.0121. The summed E-state index contributed by atoms with van der Waals surface area (Å²) in [5.41, 5.74) is -0.765. The van der Waals surface area contributed by atoms with Crippen molar-refractivity contribution in [3.63, 3.8) is 0 Å². The molecule has 0 bridgehead atoms. The number of carbonyl (C=O) groups is 2. The zero-order chi connectivity index (χ0) is 19.9. The summed E-state index contributed by atoms with van der Waals surface area (Å²) in [6, 6.07) is 6.19. The van der Waals surface area contributed by atoms with Crippen LogP contribution in [0.2, 0.25) is 5.02 Å². The molecule has 0 unspecified atom stereocenters. The Labute approximate surface area is 162 Å². The van der Waals surface area contributed by atoms with Crippen molar-refractivity contribution in [1.29, 1.82) is 0 Å². The number of hydrogen-bond acceptors (Lipinski definition) is 4. The van der Waals surface area contributed by atoms with Crippen LogP contribution >= 0.6 is 23.4 Å². The number of nitrogens with zero attached hydrogens (tertiary/aromatic N) is 1. The third-order valence-electron chi connectivity index (χ3n) is 3.80. The molecule has 0 atom stereocenters. The van der Waals surface area contributed by atoms with Gasteiger partial charge in [0, 0.05) is 17.7 Å². The fourth-order valence-corrected chi connectivity index (χ4v) is 3.70. The highest BCUT2D eigenvalue weighted by molar-refractivity contribution is 8.18. The van der Waals surface area contributed by atoms with Gasteiger partial charge in [0.1, 0.15) is 11.5 Å². The third kappa shape index (κ3) is 3.91. The van der Waals surface area contributed by atoms with Crippen LogP contribution in [0, 0.1) is 0 Å². The first-order valence-electron chi connectivity index (χ1n) is 7.82. The van der Waals surface area contributed by atoms with Crippen molar-refractivity contribution < 1.29 is 27.2 Å². The normalized spacial score (nSPS) is 16.9. The van der Waals surface area contributed by atoms with Gasteiger partial charge in [-0.15, -0.1) is 0 Å². The average molecular weight is 416 g/mol. The molecule has 1 saturated heterocycles. The molecule has 0 saturated carbocycles. The van der Waals surface area contributed by atoms with Gasteiger partial charge in [0.05, 0.1) is 15.5 Å². The van der Waals surface area contributed by atoms with E-state index in [-0.39, 0.29) is 33.3 Å². The van der Waals surface area contributed by atoms with Crippen molar-refractivity contribution in [2.24, 2.45) is 0 Å². The molecule has 0 N–H and O–H groups in total. The van der Waals surface area contributed by atoms with Crippen LogP contribution in [0.25, 0.3) is 17.4 Å². The molecule has 1 fully saturated rings. The Morgan fingerprint density at radius 1 is 1.19 bits per heavy atom. The van der Waals surface area contributed by atoms with E-state index in [2.05, 4.69) is 0 Å². The number of alkyl halides is 3. The maximum Gasteiger partial charge on any atom is 0.417 e. The van der Waals surface area contributed by atoms with Crippen molar-refractivity contribution in [3.8, 4) is 11.3 Å². The molecule has 3 rings (SSSR count). The number of imide groups is 1. The summed E-state index contributed by atoms with van der Waals surface area (Å²) in [4.78, 5) is 25.5. The van der Waals surface area contributed by atoms with E-state index >= 15 is 0 Å². The van der Waals surface area contributed by atoms with Crippen LogP contribution in [-0.4, -0.2) is 22.1 Å². The Bertz CT molecular complexity index is 950. The van der Waals surface area contributed by atoms with Gasteiger partial charge >= 0.3 is 6.18 Å². The number of furan rings is 1. The van der Waals surface area contributed by atoms with E-state index in [4.69, 9.17) is 16.0 Å². The predicted molar refractivity (Wildman–Crippen MR) is 97.1 cm³/mol. The molecule has 0 aliphatic carbocycles. The highest BCUT2D eigenvalue weighted by atomic mass is 35.5. The topological polar surface area (TPSA) is 50.5 Å². The number of halogens is 4. The highest BCUT2D eigenvalue weighted by Gasteiger charge is 2.37. The zero-order valence-corrected chi connectivity index (χ0v) is 15.7. The maximum atomic E-state index is 13.0. The van der Waals surface area contributed by atoms with Crippen molar-refractivity contribution in [2.75, 3.05) is 0 Å². The summed E-state index contributed by atoms with van der Waals surface area (Å²) >= 11 is 6.41. The second-order valence-corrected chi connectivity index (χ2v) is 7.44. The Balaban J connectivity index is 1.90. The van der Waals surface area contributed by atoms with Crippen LogP contribution in [0.1, 0.15) is 25.2 Å². The first kappa shape index (κ1) is 19.6. The molecule has 1 aromatic heterocycles. The van der Waals surface area contributed by atoms with E-state index in [1.165, 1.54) is 24.3 Å². The first-order chi connectivity index (χ1) is 12.6. The van der Waals surface area contributed by atoms with Crippen LogP contribution in [-0.2, 0) is 11.0 Å². The van der Waals surface area contributed by atoms with E-state index < -0.39 is 22.7 Å². The van der Waals surface area contributed by atoms with Gasteiger partial charge in [0.2, 0.25) is 0 Å². The lowest BCUT2D eigenvalue weighted by Gasteiger charge is -2.16. The molecule has 2 aromatic rings. The highest BCUT2D eigenvalue weighted by Crippen LogP contribution is 2.38. The molecule has 2 amide bonds. The van der Waals surface area contributed by atoms with Gasteiger partial charge in [0.25, 0.3) is 11.1 Å². The number of amides is 2. The van der Waals surface area contributed by atoms with Crippen LogP contribution < -0.4 is 0 Å². The van der Waals surface area contributed by atoms with Gasteiger partial charge in [-0.05, 0) is 55.9 Å². The quantitative estimate of drug-likeness (QED) is 0.571. The van der Waals surface area contributed by atoms with Gasteiger partial charge in [0.15, 0.2) is 0 Å². The van der Waals surface area contributed by atoms with Crippen LogP contribution in [0.4, 0.5) is 18.0 Å². The first-order valence-corrected chi connectivity index (χ1v) is 9.01. The zero-order valence-electron chi connectivity index (χ0n) is 14.1. The Kier molecular flexibility index (Phi) is 5.14. The van der Waals surface area contributed by atoms with E-state index in [1.54, 1.807) is 13.8 Å². The lowest BCUT2D eigenvalue weighted by Crippen LogP contribution is -2.34. The Morgan fingerprint density at radius 3 is 2.48 bits per heavy atom. The Hall–Kier alpha value is -2.19. The molecule has 4 nitrogen and oxygen atoms in total. The molecule has 142 valence electrons. The molecule has 9 heteroatoms. The lowest BCUT2D eigenvalue weighted by atomic mass is 10.1. The molecule has 0 spiro atoms. The number of benzene rings is 1. The molecule has 1 aromatic carbocycles. The van der Waals surface area contributed by atoms with Crippen LogP contribution in [0.5, 0.6) is 0 Å². The van der Waals surface area contributed by atoms with Gasteiger partial charge in [-0.2, -0.15) is 13.2 Å². The van der Waals surface area contributed by atoms with E-state index in [1.807, 2.05) is 0 Å². The van der Waals surface area contributed by atoms with Crippen molar-refractivity contribution >= 4 is 40.6 Å². The van der Waals surface area contributed by atoms with Crippen molar-refractivity contribution in [2.45, 2.75) is 26.1 Å². The number of rotatable bonds is 3. The minimum atomic E-state index is -4.59. The van der Waals surface area contributed by atoms with Crippen molar-refractivity contribution in [3.05, 3.63) is 51.6 Å². The second-order valence-electron chi connectivity index (χ2n) is 6.04. The summed E-state index contributed by atoms with van der Waals surface area (Å²) in [7, 11) is 0. The molecule has 1 aliphatic heterocycles. The van der Waals surface area contributed by atoms with Gasteiger partial charge in [-0.25, -0.2) is 0 Å². The smallest absolute Gasteiger partial charge is 0.417 e. The predicted octanol–water partition coefficient (Wildman–Crippen LogP) is 6.06. The van der Waals surface area contributed by atoms with E-state index in [0.29, 0.717) is 0 Å². The third-order valence-corrected chi connectivity index (χ3v) is 5.01. The summed E-state index contributed by atoms with van der Waals surface area (Å²) in [6.45, 7) is 3.45. The van der Waals surface area contributed by atoms with E-state index in [0.717, 1.165) is 28.8 Å². The van der Waals surface area contributed by atoms with Crippen molar-refractivity contribution in [1.82, 2.24) is 4.90 Å². The minimum Gasteiger partial charge on any atom is -0.457 e. The standard InChI is InChI=1S/C18H13ClF3NO3S/c1-9(2)23-16(24)15(27-17(23)25)8-11-4-6-14(26-11)10-3-5-13(19)12(7-10)18(20,21)22/h3-9H,1-2H3. The minimum absolute atomic E-state index is 0.187. The Morgan fingerprint density at radius 2 is 1.89 bits per heavy atom. The van der Waals surface area contributed by atoms with Crippen LogP contribution in [0.3, 0.4) is 0 Å². The van der Waals surface area contributed by atoms with E-state index in [9.17, 15) is 22.8 Å². The molecule has 2 heterocycles. The average Bonchev–Trinajstić information content (AvgIpc) is 3.12. The molecule has 0 radical (unpaired) electrons. The lowest BCUT2D eigenvalue weighted by molar-refractivity contribution is -0.137. The largest absolute Gasteiger partial charge is 0.457 e. The summed E-state index contributed by atoms with van der Waals surface area (Å²) in [6.07, 6.45) is -3.19. The molecular weight excluding hydrogens is 403 g/mol. The SMILES string of the molecule is CC(C)N1C(=O)SC(=Cc2ccc(-c3ccc(Cl)c(C(F)(F)F)c3)o2)C1=O. The van der Waals surface area contributed by atoms with Crippen LogP contribution in [0.15, 0.2) is 39.7 Å². The monoisotopic (exact) mass is 415 g/mol. The number of thioether (sulfide) groups is 1. The second kappa shape index (κ2) is 7.09. The number of carbonyl (C=O) groups excluding carboxylic acids is 2. The van der Waals surface area contributed by atoms with Gasteiger partial charge < -0.3 is 4.42 Å². The molecular formula is C18H13ClF3NO3S. The molecule has 27 heavy (non-hydrogen) atoms. The number of hydrogen-bond donors (Lipinski definition) is 0. The summed E-state index contributed by atoms with van der Waals surface area (Å²) < 4.78 is 44.5. The maximum absolute atomic E-state index is 13.0. The fourth-order valence-electron chi connectivity index (χ4n) is 2.54.